The zero-order chi connectivity index (χ0) is 14.1. The van der Waals surface area contributed by atoms with E-state index >= 15 is 0 Å². The Morgan fingerprint density at radius 3 is 2.75 bits per heavy atom. The fraction of sp³-hybridized carbons (Fsp3) is 0.857. The SMILES string of the molecule is O=C(O)C1CCCC1NC(=O)N1CCOC2CCCC21. The summed E-state index contributed by atoms with van der Waals surface area (Å²) in [5, 5.41) is 12.1. The first-order chi connectivity index (χ1) is 9.66. The molecule has 2 N–H and O–H groups in total. The van der Waals surface area contributed by atoms with Gasteiger partial charge in [0.2, 0.25) is 0 Å². The molecule has 0 radical (unpaired) electrons. The zero-order valence-electron chi connectivity index (χ0n) is 11.6. The summed E-state index contributed by atoms with van der Waals surface area (Å²) in [6, 6.07) is -0.153. The third-order valence-corrected chi connectivity index (χ3v) is 4.89. The van der Waals surface area contributed by atoms with Crippen molar-refractivity contribution in [2.24, 2.45) is 5.92 Å². The van der Waals surface area contributed by atoms with Crippen LogP contribution in [-0.4, -0.2) is 53.3 Å². The number of morpholine rings is 1. The lowest BCUT2D eigenvalue weighted by atomic mass is 10.0. The first kappa shape index (κ1) is 13.7. The number of carbonyl (C=O) groups is 2. The lowest BCUT2D eigenvalue weighted by molar-refractivity contribution is -0.142. The minimum Gasteiger partial charge on any atom is -0.481 e. The lowest BCUT2D eigenvalue weighted by Crippen LogP contribution is -2.56. The molecule has 4 atom stereocenters. The third-order valence-electron chi connectivity index (χ3n) is 4.89. The molecule has 3 rings (SSSR count). The second-order valence-electron chi connectivity index (χ2n) is 6.03. The Balaban J connectivity index is 1.62. The Bertz CT molecular complexity index is 401. The van der Waals surface area contributed by atoms with Crippen LogP contribution in [0.15, 0.2) is 0 Å². The minimum absolute atomic E-state index is 0.108. The first-order valence-corrected chi connectivity index (χ1v) is 7.58. The van der Waals surface area contributed by atoms with Crippen molar-refractivity contribution in [2.45, 2.75) is 56.7 Å². The van der Waals surface area contributed by atoms with E-state index < -0.39 is 11.9 Å². The smallest absolute Gasteiger partial charge is 0.318 e. The maximum atomic E-state index is 12.4. The van der Waals surface area contributed by atoms with Crippen molar-refractivity contribution in [1.82, 2.24) is 10.2 Å². The molecule has 6 nitrogen and oxygen atoms in total. The number of hydrogen-bond acceptors (Lipinski definition) is 3. The van der Waals surface area contributed by atoms with Crippen molar-refractivity contribution in [3.8, 4) is 0 Å². The molecule has 0 aromatic rings. The molecule has 20 heavy (non-hydrogen) atoms. The summed E-state index contributed by atoms with van der Waals surface area (Å²) in [4.78, 5) is 25.5. The van der Waals surface area contributed by atoms with Crippen molar-refractivity contribution in [3.05, 3.63) is 0 Å². The van der Waals surface area contributed by atoms with Gasteiger partial charge in [-0.2, -0.15) is 0 Å². The Labute approximate surface area is 118 Å². The van der Waals surface area contributed by atoms with Gasteiger partial charge in [-0.1, -0.05) is 6.42 Å². The molecule has 4 unspecified atom stereocenters. The van der Waals surface area contributed by atoms with Crippen LogP contribution in [0, 0.1) is 5.92 Å². The third kappa shape index (κ3) is 2.49. The average Bonchev–Trinajstić information content (AvgIpc) is 3.05. The molecule has 6 heteroatoms. The number of rotatable bonds is 2. The van der Waals surface area contributed by atoms with Crippen molar-refractivity contribution in [2.75, 3.05) is 13.2 Å². The standard InChI is InChI=1S/C14H22N2O4/c17-13(18)9-3-1-4-10(9)15-14(19)16-7-8-20-12-6-2-5-11(12)16/h9-12H,1-8H2,(H,15,19)(H,17,18). The minimum atomic E-state index is -0.798. The van der Waals surface area contributed by atoms with Crippen molar-refractivity contribution >= 4 is 12.0 Å². The van der Waals surface area contributed by atoms with Crippen LogP contribution in [-0.2, 0) is 9.53 Å². The number of carbonyl (C=O) groups excluding carboxylic acids is 1. The number of carboxylic acids is 1. The van der Waals surface area contributed by atoms with Crippen LogP contribution in [0.1, 0.15) is 38.5 Å². The molecule has 1 aliphatic heterocycles. The molecule has 2 amide bonds. The van der Waals surface area contributed by atoms with Gasteiger partial charge in [-0.05, 0) is 32.1 Å². The van der Waals surface area contributed by atoms with Crippen LogP contribution in [0.4, 0.5) is 4.79 Å². The average molecular weight is 282 g/mol. The second-order valence-corrected chi connectivity index (χ2v) is 6.03. The van der Waals surface area contributed by atoms with Crippen LogP contribution in [0.5, 0.6) is 0 Å². The van der Waals surface area contributed by atoms with Gasteiger partial charge in [0.15, 0.2) is 0 Å². The lowest BCUT2D eigenvalue weighted by Gasteiger charge is -2.38. The molecule has 2 saturated carbocycles. The van der Waals surface area contributed by atoms with Gasteiger partial charge in [-0.25, -0.2) is 4.79 Å². The van der Waals surface area contributed by atoms with Gasteiger partial charge in [0, 0.05) is 12.6 Å². The zero-order valence-corrected chi connectivity index (χ0v) is 11.6. The molecular weight excluding hydrogens is 260 g/mol. The van der Waals surface area contributed by atoms with Crippen LogP contribution < -0.4 is 5.32 Å². The molecule has 0 spiro atoms. The number of hydrogen-bond donors (Lipinski definition) is 2. The quantitative estimate of drug-likeness (QED) is 0.797. The van der Waals surface area contributed by atoms with E-state index in [1.165, 1.54) is 0 Å². The molecule has 0 aromatic carbocycles. The molecule has 0 bridgehead atoms. The fourth-order valence-corrected chi connectivity index (χ4v) is 3.85. The van der Waals surface area contributed by atoms with E-state index in [2.05, 4.69) is 5.32 Å². The summed E-state index contributed by atoms with van der Waals surface area (Å²) in [6.45, 7) is 1.19. The number of fused-ring (bicyclic) bond motifs is 1. The molecular formula is C14H22N2O4. The Morgan fingerprint density at radius 2 is 1.95 bits per heavy atom. The van der Waals surface area contributed by atoms with E-state index in [9.17, 15) is 14.7 Å². The molecule has 1 heterocycles. The van der Waals surface area contributed by atoms with Crippen molar-refractivity contribution in [1.29, 1.82) is 0 Å². The summed E-state index contributed by atoms with van der Waals surface area (Å²) in [5.74, 6) is -1.23. The highest BCUT2D eigenvalue weighted by atomic mass is 16.5. The normalized spacial score (nSPS) is 36.7. The predicted molar refractivity (Wildman–Crippen MR) is 71.4 cm³/mol. The fourth-order valence-electron chi connectivity index (χ4n) is 3.85. The van der Waals surface area contributed by atoms with E-state index in [-0.39, 0.29) is 24.2 Å². The van der Waals surface area contributed by atoms with E-state index in [1.54, 1.807) is 0 Å². The number of nitrogens with one attached hydrogen (secondary N) is 1. The molecule has 112 valence electrons. The second kappa shape index (κ2) is 5.60. The number of amides is 2. The molecule has 3 aliphatic rings. The van der Waals surface area contributed by atoms with Gasteiger partial charge in [-0.3, -0.25) is 4.79 Å². The monoisotopic (exact) mass is 282 g/mol. The maximum Gasteiger partial charge on any atom is 0.318 e. The van der Waals surface area contributed by atoms with Crippen LogP contribution >= 0.6 is 0 Å². The topological polar surface area (TPSA) is 78.9 Å². The Kier molecular flexibility index (Phi) is 3.83. The summed E-state index contributed by atoms with van der Waals surface area (Å²) in [7, 11) is 0. The Morgan fingerprint density at radius 1 is 1.15 bits per heavy atom. The number of ether oxygens (including phenoxy) is 1. The number of carboxylic acid groups (broad SMARTS) is 1. The maximum absolute atomic E-state index is 12.4. The highest BCUT2D eigenvalue weighted by Gasteiger charge is 2.40. The van der Waals surface area contributed by atoms with Crippen molar-refractivity contribution < 1.29 is 19.4 Å². The van der Waals surface area contributed by atoms with Gasteiger partial charge >= 0.3 is 12.0 Å². The number of nitrogens with zero attached hydrogens (tertiary/aromatic N) is 1. The number of urea groups is 1. The highest BCUT2D eigenvalue weighted by molar-refractivity contribution is 5.77. The van der Waals surface area contributed by atoms with Gasteiger partial charge in [0.1, 0.15) is 0 Å². The Hall–Kier alpha value is -1.30. The van der Waals surface area contributed by atoms with Crippen LogP contribution in [0.2, 0.25) is 0 Å². The summed E-state index contributed by atoms with van der Waals surface area (Å²) in [5.41, 5.74) is 0. The van der Waals surface area contributed by atoms with Crippen molar-refractivity contribution in [3.63, 3.8) is 0 Å². The molecule has 3 fully saturated rings. The van der Waals surface area contributed by atoms with E-state index in [4.69, 9.17) is 4.74 Å². The van der Waals surface area contributed by atoms with Gasteiger partial charge in [-0.15, -0.1) is 0 Å². The molecule has 0 aromatic heterocycles. The van der Waals surface area contributed by atoms with Crippen LogP contribution in [0.25, 0.3) is 0 Å². The summed E-state index contributed by atoms with van der Waals surface area (Å²) >= 11 is 0. The van der Waals surface area contributed by atoms with Crippen LogP contribution in [0.3, 0.4) is 0 Å². The molecule has 1 saturated heterocycles. The van der Waals surface area contributed by atoms with E-state index in [0.717, 1.165) is 32.1 Å². The van der Waals surface area contributed by atoms with Gasteiger partial charge < -0.3 is 20.1 Å². The van der Waals surface area contributed by atoms with E-state index in [1.807, 2.05) is 4.90 Å². The van der Waals surface area contributed by atoms with E-state index in [0.29, 0.717) is 19.6 Å². The van der Waals surface area contributed by atoms with Gasteiger partial charge in [0.25, 0.3) is 0 Å². The largest absolute Gasteiger partial charge is 0.481 e. The predicted octanol–water partition coefficient (Wildman–Crippen LogP) is 1.20. The highest BCUT2D eigenvalue weighted by Crippen LogP contribution is 2.30. The summed E-state index contributed by atoms with van der Waals surface area (Å²) in [6.07, 6.45) is 5.59. The number of aliphatic carboxylic acids is 1. The van der Waals surface area contributed by atoms with Gasteiger partial charge in [0.05, 0.1) is 24.7 Å². The molecule has 2 aliphatic carbocycles. The first-order valence-electron chi connectivity index (χ1n) is 7.58. The summed E-state index contributed by atoms with van der Waals surface area (Å²) < 4.78 is 5.70.